The van der Waals surface area contributed by atoms with E-state index in [0.29, 0.717) is 0 Å². The molecular weight excluding hydrogens is 244 g/mol. The molecule has 4 nitrogen and oxygen atoms in total. The summed E-state index contributed by atoms with van der Waals surface area (Å²) >= 11 is -0.0555. The molecule has 0 aromatic heterocycles. The van der Waals surface area contributed by atoms with Crippen molar-refractivity contribution in [1.29, 1.82) is 0 Å². The van der Waals surface area contributed by atoms with Gasteiger partial charge in [0.25, 0.3) is 0 Å². The number of nitrogens with one attached hydrogen (secondary N) is 2. The lowest BCUT2D eigenvalue weighted by atomic mass is 11.3. The van der Waals surface area contributed by atoms with Gasteiger partial charge in [0.1, 0.15) is 0 Å². The Morgan fingerprint density at radius 3 is 2.00 bits per heavy atom. The summed E-state index contributed by atoms with van der Waals surface area (Å²) in [5.41, 5.74) is 0. The van der Waals surface area contributed by atoms with Crippen LogP contribution in [0.2, 0.25) is 19.6 Å². The molecule has 0 bridgehead atoms. The molecule has 86 valence electrons. The Bertz CT molecular complexity index is 184. The fraction of sp³-hybridized carbons (Fsp3) is 1.00. The van der Waals surface area contributed by atoms with Gasteiger partial charge in [0, 0.05) is 0 Å². The lowest BCUT2D eigenvalue weighted by Gasteiger charge is -2.47. The van der Waals surface area contributed by atoms with Crippen molar-refractivity contribution in [3.63, 3.8) is 0 Å². The van der Waals surface area contributed by atoms with E-state index in [1.165, 1.54) is 0 Å². The van der Waals surface area contributed by atoms with Crippen LogP contribution in [0.4, 0.5) is 0 Å². The molecule has 1 saturated heterocycles. The highest BCUT2D eigenvalue weighted by molar-refractivity contribution is 8.15. The predicted molar refractivity (Wildman–Crippen MR) is 75.7 cm³/mol. The minimum absolute atomic E-state index is 0.0555. The monoisotopic (exact) mass is 268 g/mol. The predicted octanol–water partition coefficient (Wildman–Crippen LogP) is -0.945. The van der Waals surface area contributed by atoms with Gasteiger partial charge in [-0.25, -0.2) is 0 Å². The van der Waals surface area contributed by atoms with Crippen molar-refractivity contribution < 1.29 is 0 Å². The molecule has 3 unspecified atom stereocenters. The van der Waals surface area contributed by atoms with Crippen molar-refractivity contribution in [2.75, 3.05) is 20.4 Å². The molecule has 1 aliphatic rings. The van der Waals surface area contributed by atoms with Crippen LogP contribution < -0.4 is 8.78 Å². The quantitative estimate of drug-likeness (QED) is 0.445. The zero-order valence-electron chi connectivity index (χ0n) is 10.1. The molecule has 1 rings (SSSR count). The molecule has 0 saturated carbocycles. The molecule has 0 aromatic carbocycles. The van der Waals surface area contributed by atoms with Gasteiger partial charge in [-0.15, -0.1) is 0 Å². The average Bonchev–Trinajstić information content (AvgIpc) is 2.01. The third-order valence-corrected chi connectivity index (χ3v) is 21.0. The van der Waals surface area contributed by atoms with E-state index >= 15 is 0 Å². The average molecular weight is 269 g/mol. The zero-order valence-corrected chi connectivity index (χ0v) is 14.4. The lowest BCUT2D eigenvalue weighted by molar-refractivity contribution is 0.605. The van der Waals surface area contributed by atoms with Gasteiger partial charge in [-0.3, -0.25) is 8.78 Å². The van der Waals surface area contributed by atoms with E-state index in [0.717, 1.165) is 0 Å². The van der Waals surface area contributed by atoms with Gasteiger partial charge in [-0.1, -0.05) is 0 Å². The highest BCUT2D eigenvalue weighted by atomic mass is 32.2. The highest BCUT2D eigenvalue weighted by Crippen LogP contribution is 2.18. The summed E-state index contributed by atoms with van der Waals surface area (Å²) in [6, 6.07) is 0. The van der Waals surface area contributed by atoms with E-state index < -0.39 is 27.4 Å². The first-order valence-corrected chi connectivity index (χ1v) is 13.6. The van der Waals surface area contributed by atoms with Crippen molar-refractivity contribution in [3.05, 3.63) is 0 Å². The number of thiol groups is 1. The molecule has 14 heavy (non-hydrogen) atoms. The fourth-order valence-electron chi connectivity index (χ4n) is 1.98. The maximum Gasteiger partial charge on any atom is 0.181 e. The summed E-state index contributed by atoms with van der Waals surface area (Å²) in [6.07, 6.45) is 2.31. The number of hydrogen-bond acceptors (Lipinski definition) is 4. The Hall–Kier alpha value is 0.841. The molecule has 2 N–H and O–H groups in total. The number of rotatable bonds is 2. The molecule has 3 atom stereocenters. The van der Waals surface area contributed by atoms with Crippen LogP contribution in [0.5, 0.6) is 0 Å². The normalized spacial score (nSPS) is 40.1. The topological polar surface area (TPSA) is 30.5 Å². The molecule has 1 heterocycles. The third-order valence-electron chi connectivity index (χ3n) is 2.83. The van der Waals surface area contributed by atoms with Crippen LogP contribution in [-0.4, -0.2) is 56.2 Å². The van der Waals surface area contributed by atoms with Crippen LogP contribution in [0, 0.1) is 0 Å². The summed E-state index contributed by atoms with van der Waals surface area (Å²) < 4.78 is 12.8. The molecule has 8 heteroatoms. The summed E-state index contributed by atoms with van der Waals surface area (Å²) in [7, 11) is 2.01. The third kappa shape index (κ3) is 2.92. The first-order valence-electron chi connectivity index (χ1n) is 5.13. The van der Waals surface area contributed by atoms with Crippen molar-refractivity contribution in [2.24, 2.45) is 0 Å². The largest absolute Gasteiger partial charge is 0.338 e. The Kier molecular flexibility index (Phi) is 4.84. The van der Waals surface area contributed by atoms with E-state index in [1.807, 2.05) is 0 Å². The second-order valence-electron chi connectivity index (χ2n) is 4.21. The first kappa shape index (κ1) is 12.9. The van der Waals surface area contributed by atoms with Crippen LogP contribution in [-0.2, 0) is 0 Å². The zero-order chi connectivity index (χ0) is 10.9. The van der Waals surface area contributed by atoms with Gasteiger partial charge >= 0.3 is 0 Å². The highest BCUT2D eigenvalue weighted by Gasteiger charge is 2.33. The van der Waals surface area contributed by atoms with Gasteiger partial charge < -0.3 is 8.46 Å². The van der Waals surface area contributed by atoms with Crippen molar-refractivity contribution in [1.82, 2.24) is 17.2 Å². The maximum absolute atomic E-state index is 3.76. The molecule has 0 amide bonds. The van der Waals surface area contributed by atoms with Crippen LogP contribution >= 0.6 is 11.3 Å². The molecule has 1 fully saturated rings. The first-order chi connectivity index (χ1) is 6.43. The maximum atomic E-state index is 3.76. The van der Waals surface area contributed by atoms with Crippen molar-refractivity contribution in [3.8, 4) is 0 Å². The van der Waals surface area contributed by atoms with E-state index in [1.54, 1.807) is 0 Å². The Balaban J connectivity index is 2.66. The van der Waals surface area contributed by atoms with E-state index in [9.17, 15) is 0 Å². The Morgan fingerprint density at radius 2 is 1.64 bits per heavy atom. The molecule has 0 spiro atoms. The van der Waals surface area contributed by atoms with Crippen LogP contribution in [0.1, 0.15) is 0 Å². The summed E-state index contributed by atoms with van der Waals surface area (Å²) in [5.74, 6) is 0. The van der Waals surface area contributed by atoms with E-state index in [-0.39, 0.29) is 11.3 Å². The van der Waals surface area contributed by atoms with Gasteiger partial charge in [0.05, 0.1) is 0 Å². The van der Waals surface area contributed by atoms with Crippen molar-refractivity contribution in [2.45, 2.75) is 19.6 Å². The second kappa shape index (κ2) is 5.25. The molecule has 1 aliphatic heterocycles. The molecule has 0 radical (unpaired) electrons. The van der Waals surface area contributed by atoms with Gasteiger partial charge in [0.15, 0.2) is 27.4 Å². The standard InChI is InChI=1S/C6H24N4SSi3/c1-9(2)14(6)10-12(4)7-11(3)8-13(10)5/h7-8,11-14H,1-6H3. The summed E-state index contributed by atoms with van der Waals surface area (Å²) in [4.78, 5) is 0. The fourth-order valence-corrected chi connectivity index (χ4v) is 20.9. The van der Waals surface area contributed by atoms with Crippen LogP contribution in [0.25, 0.3) is 0 Å². The minimum Gasteiger partial charge on any atom is -0.338 e. The van der Waals surface area contributed by atoms with Crippen LogP contribution in [0.15, 0.2) is 0 Å². The lowest BCUT2D eigenvalue weighted by Crippen LogP contribution is -2.70. The number of hydrogen-bond donors (Lipinski definition) is 3. The van der Waals surface area contributed by atoms with Crippen LogP contribution in [0.3, 0.4) is 0 Å². The second-order valence-corrected chi connectivity index (χ2v) is 16.0. The smallest absolute Gasteiger partial charge is 0.181 e. The van der Waals surface area contributed by atoms with E-state index in [2.05, 4.69) is 57.2 Å². The molecule has 0 aromatic rings. The molecular formula is C6H24N4SSi3. The number of nitrogens with zero attached hydrogens (tertiary/aromatic N) is 2. The Morgan fingerprint density at radius 1 is 1.21 bits per heavy atom. The molecule has 0 aliphatic carbocycles. The SMILES string of the molecule is CN(C)[SiH](C)N1[SiH](C)N[SH](C)N[SiH]1C. The van der Waals surface area contributed by atoms with Crippen molar-refractivity contribution >= 4 is 38.6 Å². The van der Waals surface area contributed by atoms with Gasteiger partial charge in [-0.2, -0.15) is 11.3 Å². The Labute approximate surface area is 96.0 Å². The summed E-state index contributed by atoms with van der Waals surface area (Å²) in [5, 5.41) is 0. The van der Waals surface area contributed by atoms with Gasteiger partial charge in [-0.05, 0) is 40.0 Å². The van der Waals surface area contributed by atoms with Gasteiger partial charge in [0.2, 0.25) is 0 Å². The summed E-state index contributed by atoms with van der Waals surface area (Å²) in [6.45, 7) is 7.33. The van der Waals surface area contributed by atoms with E-state index in [4.69, 9.17) is 0 Å². The minimum atomic E-state index is -0.824.